The van der Waals surface area contributed by atoms with Gasteiger partial charge in [0, 0.05) is 6.42 Å². The van der Waals surface area contributed by atoms with Gasteiger partial charge in [-0.15, -0.1) is 0 Å². The predicted molar refractivity (Wildman–Crippen MR) is 297 cm³/mol. The quantitative estimate of drug-likeness (QED) is 0.0417. The molecule has 0 bridgehead atoms. The van der Waals surface area contributed by atoms with Gasteiger partial charge in [0.05, 0.1) is 25.2 Å². The molecule has 0 saturated heterocycles. The van der Waals surface area contributed by atoms with E-state index in [0.29, 0.717) is 19.3 Å². The lowest BCUT2D eigenvalue weighted by atomic mass is 10.0. The van der Waals surface area contributed by atoms with Crippen LogP contribution in [-0.4, -0.2) is 46.9 Å². The molecule has 6 heteroatoms. The van der Waals surface area contributed by atoms with Crippen LogP contribution in [-0.2, 0) is 14.3 Å². The average Bonchev–Trinajstić information content (AvgIpc) is 3.33. The van der Waals surface area contributed by atoms with Crippen LogP contribution in [0, 0.1) is 0 Å². The van der Waals surface area contributed by atoms with Crippen LogP contribution >= 0.6 is 0 Å². The molecule has 3 unspecified atom stereocenters. The summed E-state index contributed by atoms with van der Waals surface area (Å²) in [5, 5.41) is 24.0. The molecule has 0 radical (unpaired) electrons. The average molecular weight is 963 g/mol. The van der Waals surface area contributed by atoms with Crippen LogP contribution in [0.4, 0.5) is 0 Å². The Morgan fingerprint density at radius 1 is 0.368 bits per heavy atom. The molecule has 0 spiro atoms. The molecule has 68 heavy (non-hydrogen) atoms. The Balaban J connectivity index is 4.43. The van der Waals surface area contributed by atoms with Crippen molar-refractivity contribution in [2.24, 2.45) is 0 Å². The van der Waals surface area contributed by atoms with Crippen molar-refractivity contribution in [1.29, 1.82) is 0 Å². The zero-order valence-electron chi connectivity index (χ0n) is 46.5. The monoisotopic (exact) mass is 962 g/mol. The zero-order chi connectivity index (χ0) is 49.5. The maximum atomic E-state index is 13.3. The molecule has 0 aliphatic carbocycles. The molecule has 0 aromatic heterocycles. The third-order valence-corrected chi connectivity index (χ3v) is 14.9. The Hall–Kier alpha value is -1.14. The van der Waals surface area contributed by atoms with Gasteiger partial charge in [0.25, 0.3) is 0 Å². The van der Waals surface area contributed by atoms with Gasteiger partial charge in [-0.25, -0.2) is 0 Å². The summed E-state index contributed by atoms with van der Waals surface area (Å²) in [6.07, 6.45) is 64.6. The van der Waals surface area contributed by atoms with E-state index in [1.807, 2.05) is 0 Å². The number of amides is 1. The number of aliphatic hydroxyl groups is 2. The van der Waals surface area contributed by atoms with Gasteiger partial charge in [0.2, 0.25) is 5.91 Å². The number of unbranched alkanes of at least 4 members (excludes halogenated alkanes) is 46. The van der Waals surface area contributed by atoms with Crippen LogP contribution in [0.5, 0.6) is 0 Å². The van der Waals surface area contributed by atoms with E-state index in [0.717, 1.165) is 38.5 Å². The normalized spacial score (nSPS) is 13.0. The van der Waals surface area contributed by atoms with Gasteiger partial charge in [0.15, 0.2) is 0 Å². The lowest BCUT2D eigenvalue weighted by molar-refractivity contribution is -0.151. The largest absolute Gasteiger partial charge is 0.462 e. The second-order valence-corrected chi connectivity index (χ2v) is 21.8. The molecule has 3 atom stereocenters. The van der Waals surface area contributed by atoms with E-state index < -0.39 is 18.2 Å². The highest BCUT2D eigenvalue weighted by Gasteiger charge is 2.24. The summed E-state index contributed by atoms with van der Waals surface area (Å²) >= 11 is 0. The van der Waals surface area contributed by atoms with Crippen LogP contribution in [0.3, 0.4) is 0 Å². The fraction of sp³-hybridized carbons (Fsp3) is 0.968. The summed E-state index contributed by atoms with van der Waals surface area (Å²) in [6, 6.07) is -0.694. The van der Waals surface area contributed by atoms with Gasteiger partial charge in [-0.3, -0.25) is 9.59 Å². The van der Waals surface area contributed by atoms with Crippen LogP contribution < -0.4 is 5.32 Å². The van der Waals surface area contributed by atoms with Crippen LogP contribution in [0.1, 0.15) is 361 Å². The number of esters is 1. The molecular formula is C62H123NO5. The maximum absolute atomic E-state index is 13.3. The van der Waals surface area contributed by atoms with Crippen molar-refractivity contribution in [3.63, 3.8) is 0 Å². The van der Waals surface area contributed by atoms with E-state index in [2.05, 4.69) is 26.1 Å². The number of carbonyl (C=O) groups excluding carboxylic acids is 2. The Kier molecular flexibility index (Phi) is 55.8. The number of carbonyl (C=O) groups is 2. The first-order valence-electron chi connectivity index (χ1n) is 31.3. The van der Waals surface area contributed by atoms with E-state index in [-0.39, 0.29) is 24.9 Å². The Bertz CT molecular complexity index is 990. The molecule has 0 heterocycles. The van der Waals surface area contributed by atoms with E-state index >= 15 is 0 Å². The van der Waals surface area contributed by atoms with E-state index in [1.54, 1.807) is 0 Å². The standard InChI is InChI=1S/C62H123NO5/c1-4-7-10-13-16-19-22-25-28-30-32-34-37-40-43-46-49-52-55-62(67)68-58(53-50-47-44-41-38-35-27-24-21-18-15-12-9-6-3)56-61(66)63-59(57-64)60(65)54-51-48-45-42-39-36-33-31-29-26-23-20-17-14-11-8-5-2/h58-60,64-65H,4-57H2,1-3H3,(H,63,66). The van der Waals surface area contributed by atoms with Crippen LogP contribution in [0.2, 0.25) is 0 Å². The third kappa shape index (κ3) is 51.2. The number of aliphatic hydroxyl groups excluding tert-OH is 2. The number of nitrogens with one attached hydrogen (secondary N) is 1. The Labute approximate surface area is 426 Å². The van der Waals surface area contributed by atoms with Crippen LogP contribution in [0.25, 0.3) is 0 Å². The highest BCUT2D eigenvalue weighted by molar-refractivity contribution is 5.77. The molecule has 0 aliphatic rings. The molecule has 406 valence electrons. The number of hydrogen-bond acceptors (Lipinski definition) is 5. The Morgan fingerprint density at radius 2 is 0.618 bits per heavy atom. The van der Waals surface area contributed by atoms with E-state index in [1.165, 1.54) is 276 Å². The van der Waals surface area contributed by atoms with Gasteiger partial charge >= 0.3 is 5.97 Å². The molecule has 1 amide bonds. The highest BCUT2D eigenvalue weighted by Crippen LogP contribution is 2.20. The molecule has 0 fully saturated rings. The lowest BCUT2D eigenvalue weighted by Gasteiger charge is -2.24. The number of rotatable bonds is 58. The van der Waals surface area contributed by atoms with Crippen molar-refractivity contribution < 1.29 is 24.5 Å². The Morgan fingerprint density at radius 3 is 0.897 bits per heavy atom. The van der Waals surface area contributed by atoms with Gasteiger partial charge in [-0.1, -0.05) is 323 Å². The highest BCUT2D eigenvalue weighted by atomic mass is 16.5. The van der Waals surface area contributed by atoms with Gasteiger partial charge < -0.3 is 20.3 Å². The molecule has 0 rings (SSSR count). The second-order valence-electron chi connectivity index (χ2n) is 21.8. The predicted octanol–water partition coefficient (Wildman–Crippen LogP) is 19.5. The SMILES string of the molecule is CCCCCCCCCCCCCCCCCCCCC(=O)OC(CCCCCCCCCCCCCCCC)CC(=O)NC(CO)C(O)CCCCCCCCCCCCCCCCCCC. The van der Waals surface area contributed by atoms with Gasteiger partial charge in [0.1, 0.15) is 6.10 Å². The fourth-order valence-electron chi connectivity index (χ4n) is 10.2. The second kappa shape index (κ2) is 56.8. The van der Waals surface area contributed by atoms with Crippen LogP contribution in [0.15, 0.2) is 0 Å². The first-order valence-corrected chi connectivity index (χ1v) is 31.3. The van der Waals surface area contributed by atoms with Crippen molar-refractivity contribution >= 4 is 11.9 Å². The van der Waals surface area contributed by atoms with E-state index in [4.69, 9.17) is 4.74 Å². The topological polar surface area (TPSA) is 95.9 Å². The first-order chi connectivity index (χ1) is 33.5. The molecule has 0 aromatic rings. The molecule has 0 aliphatic heterocycles. The maximum Gasteiger partial charge on any atom is 0.306 e. The summed E-state index contributed by atoms with van der Waals surface area (Å²) in [5.41, 5.74) is 0. The summed E-state index contributed by atoms with van der Waals surface area (Å²) in [4.78, 5) is 26.3. The number of hydrogen-bond donors (Lipinski definition) is 3. The lowest BCUT2D eigenvalue weighted by Crippen LogP contribution is -2.46. The van der Waals surface area contributed by atoms with Gasteiger partial charge in [-0.05, 0) is 25.7 Å². The molecule has 6 nitrogen and oxygen atoms in total. The minimum atomic E-state index is -0.781. The fourth-order valence-corrected chi connectivity index (χ4v) is 10.2. The number of ether oxygens (including phenoxy) is 1. The van der Waals surface area contributed by atoms with Gasteiger partial charge in [-0.2, -0.15) is 0 Å². The van der Waals surface area contributed by atoms with E-state index in [9.17, 15) is 19.8 Å². The van der Waals surface area contributed by atoms with Crippen molar-refractivity contribution in [2.75, 3.05) is 6.61 Å². The molecule has 0 saturated carbocycles. The smallest absolute Gasteiger partial charge is 0.306 e. The summed E-state index contributed by atoms with van der Waals surface area (Å²) in [5.74, 6) is -0.441. The third-order valence-electron chi connectivity index (χ3n) is 14.9. The summed E-state index contributed by atoms with van der Waals surface area (Å²) in [7, 11) is 0. The zero-order valence-corrected chi connectivity index (χ0v) is 46.5. The van der Waals surface area contributed by atoms with Crippen molar-refractivity contribution in [1.82, 2.24) is 5.32 Å². The summed E-state index contributed by atoms with van der Waals surface area (Å²) in [6.45, 7) is 6.55. The minimum absolute atomic E-state index is 0.0889. The summed E-state index contributed by atoms with van der Waals surface area (Å²) < 4.78 is 5.99. The minimum Gasteiger partial charge on any atom is -0.462 e. The molecule has 3 N–H and O–H groups in total. The molecule has 0 aromatic carbocycles. The van der Waals surface area contributed by atoms with Crippen molar-refractivity contribution in [3.05, 3.63) is 0 Å². The first kappa shape index (κ1) is 66.9. The van der Waals surface area contributed by atoms with Crippen molar-refractivity contribution in [3.8, 4) is 0 Å². The molecular weight excluding hydrogens is 839 g/mol. The van der Waals surface area contributed by atoms with Crippen molar-refractivity contribution in [2.45, 2.75) is 379 Å².